The van der Waals surface area contributed by atoms with Crippen molar-refractivity contribution >= 4 is 22.8 Å². The first kappa shape index (κ1) is 14.8. The quantitative estimate of drug-likeness (QED) is 0.606. The number of nitrogen functional groups attached to an aromatic ring is 1. The summed E-state index contributed by atoms with van der Waals surface area (Å²) in [5.41, 5.74) is 7.08. The monoisotopic (exact) mass is 312 g/mol. The zero-order valence-corrected chi connectivity index (χ0v) is 12.5. The number of nitrogens with one attached hydrogen (secondary N) is 2. The normalized spacial score (nSPS) is 10.7. The molecule has 0 fully saturated rings. The molecule has 0 saturated carbocycles. The van der Waals surface area contributed by atoms with Crippen LogP contribution in [0.15, 0.2) is 30.3 Å². The van der Waals surface area contributed by atoms with Crippen LogP contribution in [0, 0.1) is 6.92 Å². The van der Waals surface area contributed by atoms with E-state index in [-0.39, 0.29) is 17.7 Å². The van der Waals surface area contributed by atoms with Crippen LogP contribution in [0.1, 0.15) is 16.3 Å². The topological polar surface area (TPSA) is 119 Å². The Morgan fingerprint density at radius 3 is 2.96 bits per heavy atom. The van der Waals surface area contributed by atoms with Crippen LogP contribution in [-0.2, 0) is 0 Å². The largest absolute Gasteiger partial charge is 0.489 e. The lowest BCUT2D eigenvalue weighted by molar-refractivity contribution is 0.0937. The first-order chi connectivity index (χ1) is 11.1. The zero-order valence-electron chi connectivity index (χ0n) is 12.5. The summed E-state index contributed by atoms with van der Waals surface area (Å²) in [5.74, 6) is 0.405. The molecule has 118 valence electrons. The summed E-state index contributed by atoms with van der Waals surface area (Å²) in [5, 5.41) is 9.72. The number of rotatable bonds is 5. The molecule has 8 heteroatoms. The van der Waals surface area contributed by atoms with Crippen molar-refractivity contribution in [3.63, 3.8) is 0 Å². The number of anilines is 1. The molecule has 4 N–H and O–H groups in total. The molecule has 0 aliphatic heterocycles. The summed E-state index contributed by atoms with van der Waals surface area (Å²) in [7, 11) is 0. The molecule has 1 aromatic carbocycles. The first-order valence-corrected chi connectivity index (χ1v) is 7.09. The van der Waals surface area contributed by atoms with E-state index in [1.54, 1.807) is 0 Å². The third-order valence-electron chi connectivity index (χ3n) is 3.19. The van der Waals surface area contributed by atoms with Gasteiger partial charge in [-0.3, -0.25) is 9.89 Å². The molecule has 0 spiro atoms. The molecule has 2 aromatic heterocycles. The van der Waals surface area contributed by atoms with Gasteiger partial charge >= 0.3 is 0 Å². The van der Waals surface area contributed by atoms with E-state index in [0.29, 0.717) is 18.9 Å². The predicted molar refractivity (Wildman–Crippen MR) is 85.1 cm³/mol. The first-order valence-electron chi connectivity index (χ1n) is 7.09. The number of carbonyl (C=O) groups excluding carboxylic acids is 1. The highest BCUT2D eigenvalue weighted by Gasteiger charge is 2.10. The van der Waals surface area contributed by atoms with Crippen molar-refractivity contribution in [3.8, 4) is 5.75 Å². The molecule has 0 radical (unpaired) electrons. The summed E-state index contributed by atoms with van der Waals surface area (Å²) in [6.07, 6.45) is 0. The van der Waals surface area contributed by atoms with Gasteiger partial charge in [-0.15, -0.1) is 5.10 Å². The number of para-hydroxylation sites is 1. The average Bonchev–Trinajstić information content (AvgIpc) is 2.98. The number of fused-ring (bicyclic) bond motifs is 1. The summed E-state index contributed by atoms with van der Waals surface area (Å²) in [4.78, 5) is 20.0. The van der Waals surface area contributed by atoms with Crippen molar-refractivity contribution in [2.45, 2.75) is 6.92 Å². The number of H-pyrrole nitrogens is 1. The molecular weight excluding hydrogens is 296 g/mol. The van der Waals surface area contributed by atoms with E-state index in [1.807, 2.05) is 37.3 Å². The van der Waals surface area contributed by atoms with Crippen molar-refractivity contribution in [3.05, 3.63) is 41.9 Å². The van der Waals surface area contributed by atoms with Crippen LogP contribution in [0.4, 0.5) is 5.95 Å². The number of ether oxygens (including phenoxy) is 1. The van der Waals surface area contributed by atoms with Gasteiger partial charge in [-0.1, -0.05) is 18.2 Å². The highest BCUT2D eigenvalue weighted by atomic mass is 16.5. The Bertz CT molecular complexity index is 845. The lowest BCUT2D eigenvalue weighted by Gasteiger charge is -2.09. The minimum atomic E-state index is -0.385. The van der Waals surface area contributed by atoms with Crippen molar-refractivity contribution in [1.82, 2.24) is 25.5 Å². The maximum absolute atomic E-state index is 11.8. The van der Waals surface area contributed by atoms with Gasteiger partial charge < -0.3 is 15.8 Å². The lowest BCUT2D eigenvalue weighted by Crippen LogP contribution is -2.29. The molecule has 8 nitrogen and oxygen atoms in total. The van der Waals surface area contributed by atoms with Crippen LogP contribution in [0.25, 0.3) is 10.9 Å². The van der Waals surface area contributed by atoms with Crippen molar-refractivity contribution in [2.24, 2.45) is 0 Å². The summed E-state index contributed by atoms with van der Waals surface area (Å²) < 4.78 is 5.72. The lowest BCUT2D eigenvalue weighted by atomic mass is 10.2. The van der Waals surface area contributed by atoms with Crippen molar-refractivity contribution in [1.29, 1.82) is 0 Å². The van der Waals surface area contributed by atoms with E-state index in [4.69, 9.17) is 10.5 Å². The molecule has 0 saturated heterocycles. The number of benzene rings is 1. The summed E-state index contributed by atoms with van der Waals surface area (Å²) in [6.45, 7) is 2.56. The molecule has 0 bridgehead atoms. The Kier molecular flexibility index (Phi) is 4.05. The van der Waals surface area contributed by atoms with E-state index < -0.39 is 0 Å². The predicted octanol–water partition coefficient (Wildman–Crippen LogP) is 1.05. The number of aromatic amines is 1. The summed E-state index contributed by atoms with van der Waals surface area (Å²) >= 11 is 0. The summed E-state index contributed by atoms with van der Waals surface area (Å²) in [6, 6.07) is 9.69. The van der Waals surface area contributed by atoms with Crippen molar-refractivity contribution in [2.75, 3.05) is 18.9 Å². The second-order valence-electron chi connectivity index (χ2n) is 4.93. The number of hydrogen-bond donors (Lipinski definition) is 3. The average molecular weight is 312 g/mol. The molecule has 23 heavy (non-hydrogen) atoms. The van der Waals surface area contributed by atoms with E-state index in [1.165, 1.54) is 0 Å². The Morgan fingerprint density at radius 2 is 2.17 bits per heavy atom. The highest BCUT2D eigenvalue weighted by molar-refractivity contribution is 5.90. The van der Waals surface area contributed by atoms with Crippen LogP contribution < -0.4 is 15.8 Å². The molecule has 3 rings (SSSR count). The van der Waals surface area contributed by atoms with Gasteiger partial charge in [0.2, 0.25) is 11.8 Å². The Balaban J connectivity index is 1.59. The minimum absolute atomic E-state index is 0.0311. The molecule has 3 aromatic rings. The fourth-order valence-corrected chi connectivity index (χ4v) is 2.12. The van der Waals surface area contributed by atoms with Gasteiger partial charge in [-0.05, 0) is 19.1 Å². The fraction of sp³-hybridized carbons (Fsp3) is 0.200. The molecule has 0 atom stereocenters. The van der Waals surface area contributed by atoms with Gasteiger partial charge in [0.15, 0.2) is 0 Å². The second kappa shape index (κ2) is 6.30. The molecular formula is C15H16N6O2. The maximum Gasteiger partial charge on any atom is 0.288 e. The van der Waals surface area contributed by atoms with E-state index in [2.05, 4.69) is 25.5 Å². The number of nitrogens with two attached hydrogens (primary N) is 1. The van der Waals surface area contributed by atoms with Crippen LogP contribution in [0.5, 0.6) is 5.75 Å². The number of carbonyl (C=O) groups is 1. The maximum atomic E-state index is 11.8. The highest BCUT2D eigenvalue weighted by Crippen LogP contribution is 2.23. The number of nitrogens with zero attached hydrogens (tertiary/aromatic N) is 3. The van der Waals surface area contributed by atoms with Crippen LogP contribution in [-0.4, -0.2) is 39.2 Å². The van der Waals surface area contributed by atoms with Gasteiger partial charge in [-0.2, -0.15) is 4.98 Å². The van der Waals surface area contributed by atoms with Crippen LogP contribution in [0.2, 0.25) is 0 Å². The number of aryl methyl sites for hydroxylation is 1. The third kappa shape index (κ3) is 3.37. The van der Waals surface area contributed by atoms with Gasteiger partial charge in [0, 0.05) is 11.1 Å². The Labute approximate surface area is 132 Å². The molecule has 0 unspecified atom stereocenters. The fourth-order valence-electron chi connectivity index (χ4n) is 2.12. The van der Waals surface area contributed by atoms with Gasteiger partial charge in [0.05, 0.1) is 6.54 Å². The van der Waals surface area contributed by atoms with Gasteiger partial charge in [0.1, 0.15) is 17.9 Å². The second-order valence-corrected chi connectivity index (χ2v) is 4.93. The zero-order chi connectivity index (χ0) is 16.2. The Hall–Kier alpha value is -3.16. The number of amides is 1. The number of hydrogen-bond acceptors (Lipinski definition) is 6. The number of pyridine rings is 1. The smallest absolute Gasteiger partial charge is 0.288 e. The Morgan fingerprint density at radius 1 is 1.30 bits per heavy atom. The third-order valence-corrected chi connectivity index (χ3v) is 3.19. The van der Waals surface area contributed by atoms with E-state index in [0.717, 1.165) is 16.6 Å². The molecule has 2 heterocycles. The minimum Gasteiger partial charge on any atom is -0.489 e. The van der Waals surface area contributed by atoms with E-state index >= 15 is 0 Å². The number of aromatic nitrogens is 4. The molecule has 0 aliphatic rings. The van der Waals surface area contributed by atoms with Crippen LogP contribution >= 0.6 is 0 Å². The van der Waals surface area contributed by atoms with E-state index in [9.17, 15) is 4.79 Å². The standard InChI is InChI=1S/C15H16N6O2/c1-9-5-6-10-3-2-4-11(12(10)18-9)23-8-7-17-14(22)13-19-15(16)21-20-13/h2-6H,7-8H2,1H3,(H,17,22)(H3,16,19,20,21). The molecule has 0 aliphatic carbocycles. The van der Waals surface area contributed by atoms with Crippen LogP contribution in [0.3, 0.4) is 0 Å². The van der Waals surface area contributed by atoms with Gasteiger partial charge in [-0.25, -0.2) is 4.98 Å². The SMILES string of the molecule is Cc1ccc2cccc(OCCNC(=O)c3nc(N)n[nH]3)c2n1. The molecule has 1 amide bonds. The van der Waals surface area contributed by atoms with Crippen molar-refractivity contribution < 1.29 is 9.53 Å². The van der Waals surface area contributed by atoms with Gasteiger partial charge in [0.25, 0.3) is 5.91 Å².